The average Bonchev–Trinajstić information content (AvgIpc) is 2.70. The fourth-order valence-corrected chi connectivity index (χ4v) is 3.53. The molecule has 3 rings (SSSR count). The van der Waals surface area contributed by atoms with Crippen molar-refractivity contribution >= 4 is 11.6 Å². The maximum atomic E-state index is 12.3. The summed E-state index contributed by atoms with van der Waals surface area (Å²) in [5.41, 5.74) is 2.70. The van der Waals surface area contributed by atoms with Gasteiger partial charge >= 0.3 is 0 Å². The number of rotatable bonds is 7. The molecule has 0 unspecified atom stereocenters. The predicted octanol–water partition coefficient (Wildman–Crippen LogP) is -0.00628. The van der Waals surface area contributed by atoms with Gasteiger partial charge in [-0.25, -0.2) is 0 Å². The Bertz CT molecular complexity index is 879. The lowest BCUT2D eigenvalue weighted by atomic mass is 10.1. The lowest BCUT2D eigenvalue weighted by Gasteiger charge is -2.32. The van der Waals surface area contributed by atoms with Gasteiger partial charge in [-0.15, -0.1) is 5.75 Å². The first-order valence-electron chi connectivity index (χ1n) is 9.74. The van der Waals surface area contributed by atoms with Gasteiger partial charge in [0.25, 0.3) is 11.6 Å². The maximum absolute atomic E-state index is 12.3. The van der Waals surface area contributed by atoms with Gasteiger partial charge in [0.15, 0.2) is 6.54 Å². The molecule has 0 aromatic heterocycles. The minimum atomic E-state index is -0.550. The molecule has 29 heavy (non-hydrogen) atoms. The second kappa shape index (κ2) is 9.49. The summed E-state index contributed by atoms with van der Waals surface area (Å²) in [4.78, 5) is 26.1. The van der Waals surface area contributed by atoms with Gasteiger partial charge in [0.05, 0.1) is 18.0 Å². The molecular weight excluding hydrogens is 372 g/mol. The van der Waals surface area contributed by atoms with Crippen LogP contribution in [0.2, 0.25) is 0 Å². The van der Waals surface area contributed by atoms with Crippen molar-refractivity contribution in [2.75, 3.05) is 32.7 Å². The molecule has 0 radical (unpaired) electrons. The zero-order chi connectivity index (χ0) is 20.8. The van der Waals surface area contributed by atoms with Crippen LogP contribution in [0, 0.1) is 17.0 Å². The first kappa shape index (κ1) is 20.8. The maximum Gasteiger partial charge on any atom is 0.275 e. The average molecular weight is 398 g/mol. The Kier molecular flexibility index (Phi) is 6.79. The molecule has 0 aliphatic carbocycles. The summed E-state index contributed by atoms with van der Waals surface area (Å²) in [6.45, 7) is 6.99. The van der Waals surface area contributed by atoms with E-state index in [0.717, 1.165) is 32.7 Å². The van der Waals surface area contributed by atoms with Gasteiger partial charge in [-0.05, 0) is 23.6 Å². The number of aryl methyl sites for hydroxylation is 1. The number of nitro benzene ring substituents is 1. The monoisotopic (exact) mass is 398 g/mol. The van der Waals surface area contributed by atoms with Crippen LogP contribution in [0.5, 0.6) is 5.75 Å². The number of nitro groups is 1. The summed E-state index contributed by atoms with van der Waals surface area (Å²) < 4.78 is 0. The molecule has 154 valence electrons. The molecule has 1 heterocycles. The third-order valence-corrected chi connectivity index (χ3v) is 5.36. The molecule has 0 saturated carbocycles. The van der Waals surface area contributed by atoms with Crippen LogP contribution in [0.1, 0.15) is 16.7 Å². The van der Waals surface area contributed by atoms with Crippen molar-refractivity contribution < 1.29 is 19.7 Å². The van der Waals surface area contributed by atoms with Crippen molar-refractivity contribution in [2.45, 2.75) is 20.0 Å². The van der Waals surface area contributed by atoms with Gasteiger partial charge in [-0.1, -0.05) is 30.3 Å². The fourth-order valence-electron chi connectivity index (χ4n) is 3.53. The van der Waals surface area contributed by atoms with E-state index in [1.54, 1.807) is 0 Å². The highest BCUT2D eigenvalue weighted by molar-refractivity contribution is 5.76. The Morgan fingerprint density at radius 1 is 1.17 bits per heavy atom. The van der Waals surface area contributed by atoms with Crippen LogP contribution in [0.25, 0.3) is 0 Å². The first-order valence-corrected chi connectivity index (χ1v) is 9.74. The minimum absolute atomic E-state index is 0.00599. The van der Waals surface area contributed by atoms with E-state index >= 15 is 0 Å². The van der Waals surface area contributed by atoms with Crippen LogP contribution >= 0.6 is 0 Å². The molecule has 1 aliphatic rings. The second-order valence-corrected chi connectivity index (χ2v) is 7.46. The van der Waals surface area contributed by atoms with E-state index in [0.29, 0.717) is 6.54 Å². The van der Waals surface area contributed by atoms with Gasteiger partial charge < -0.3 is 15.3 Å². The number of quaternary nitrogens is 1. The molecule has 1 amide bonds. The van der Waals surface area contributed by atoms with E-state index in [-0.39, 0.29) is 29.5 Å². The van der Waals surface area contributed by atoms with Gasteiger partial charge in [-0.2, -0.15) is 0 Å². The molecule has 0 spiro atoms. The van der Waals surface area contributed by atoms with E-state index in [1.165, 1.54) is 34.2 Å². The molecule has 8 nitrogen and oxygen atoms in total. The largest absolute Gasteiger partial charge is 0.872 e. The van der Waals surface area contributed by atoms with E-state index in [9.17, 15) is 20.0 Å². The molecule has 1 saturated heterocycles. The molecule has 8 heteroatoms. The number of carbonyl (C=O) groups is 1. The van der Waals surface area contributed by atoms with Crippen LogP contribution in [0.3, 0.4) is 0 Å². The molecular formula is C21H26N4O4. The van der Waals surface area contributed by atoms with Gasteiger partial charge in [0.2, 0.25) is 0 Å². The van der Waals surface area contributed by atoms with Gasteiger partial charge in [0, 0.05) is 38.3 Å². The van der Waals surface area contributed by atoms with Gasteiger partial charge in [-0.3, -0.25) is 19.8 Å². The predicted molar refractivity (Wildman–Crippen MR) is 106 cm³/mol. The Morgan fingerprint density at radius 3 is 2.59 bits per heavy atom. The van der Waals surface area contributed by atoms with Crippen molar-refractivity contribution in [3.05, 3.63) is 69.3 Å². The first-order chi connectivity index (χ1) is 13.9. The Balaban J connectivity index is 1.44. The summed E-state index contributed by atoms with van der Waals surface area (Å²) in [6.07, 6.45) is 0. The van der Waals surface area contributed by atoms with E-state index in [4.69, 9.17) is 0 Å². The smallest absolute Gasteiger partial charge is 0.275 e. The van der Waals surface area contributed by atoms with Crippen molar-refractivity contribution in [2.24, 2.45) is 0 Å². The van der Waals surface area contributed by atoms with E-state index in [2.05, 4.69) is 35.3 Å². The second-order valence-electron chi connectivity index (χ2n) is 7.46. The molecule has 2 aromatic carbocycles. The molecule has 0 atom stereocenters. The van der Waals surface area contributed by atoms with Crippen molar-refractivity contribution in [3.8, 4) is 5.75 Å². The number of hydrogen-bond acceptors (Lipinski definition) is 5. The van der Waals surface area contributed by atoms with Crippen molar-refractivity contribution in [3.63, 3.8) is 0 Å². The zero-order valence-electron chi connectivity index (χ0n) is 16.5. The number of amides is 1. The topological polar surface area (TPSA) is 103 Å². The summed E-state index contributed by atoms with van der Waals surface area (Å²) in [5.74, 6) is -0.466. The highest BCUT2D eigenvalue weighted by atomic mass is 16.6. The van der Waals surface area contributed by atoms with Crippen LogP contribution in [-0.4, -0.2) is 48.5 Å². The highest BCUT2D eigenvalue weighted by Gasteiger charge is 2.22. The summed E-state index contributed by atoms with van der Waals surface area (Å²) in [7, 11) is 0. The van der Waals surface area contributed by atoms with Crippen LogP contribution in [0.4, 0.5) is 5.69 Å². The molecule has 2 aromatic rings. The van der Waals surface area contributed by atoms with Gasteiger partial charge in [0.1, 0.15) is 0 Å². The number of nitrogens with one attached hydrogen (secondary N) is 2. The van der Waals surface area contributed by atoms with Crippen molar-refractivity contribution in [1.82, 2.24) is 10.2 Å². The Hall–Kier alpha value is -2.97. The number of non-ortho nitro benzene ring substituents is 1. The third-order valence-electron chi connectivity index (χ3n) is 5.36. The number of carbonyl (C=O) groups excluding carboxylic acids is 1. The number of piperazine rings is 1. The van der Waals surface area contributed by atoms with Crippen LogP contribution in [-0.2, 0) is 17.9 Å². The van der Waals surface area contributed by atoms with Crippen molar-refractivity contribution in [1.29, 1.82) is 0 Å². The van der Waals surface area contributed by atoms with Crippen LogP contribution < -0.4 is 15.3 Å². The highest BCUT2D eigenvalue weighted by Crippen LogP contribution is 2.20. The Labute approximate surface area is 169 Å². The molecule has 1 fully saturated rings. The molecule has 0 bridgehead atoms. The Morgan fingerprint density at radius 2 is 1.90 bits per heavy atom. The van der Waals surface area contributed by atoms with Crippen LogP contribution in [0.15, 0.2) is 42.5 Å². The lowest BCUT2D eigenvalue weighted by Crippen LogP contribution is -3.15. The third kappa shape index (κ3) is 5.75. The van der Waals surface area contributed by atoms with E-state index in [1.807, 2.05) is 6.07 Å². The summed E-state index contributed by atoms with van der Waals surface area (Å²) in [6, 6.07) is 11.9. The minimum Gasteiger partial charge on any atom is -0.872 e. The quantitative estimate of drug-likeness (QED) is 0.505. The number of nitrogens with zero attached hydrogens (tertiary/aromatic N) is 2. The summed E-state index contributed by atoms with van der Waals surface area (Å²) >= 11 is 0. The fraction of sp³-hybridized carbons (Fsp3) is 0.381. The molecule has 1 aliphatic heterocycles. The zero-order valence-corrected chi connectivity index (χ0v) is 16.5. The van der Waals surface area contributed by atoms with E-state index < -0.39 is 4.92 Å². The normalized spacial score (nSPS) is 15.2. The standard InChI is InChI=1S/C21H26N4O4/c1-16-4-2-3-5-17(16)14-23-8-10-24(11-9-23)15-21(27)22-13-18-12-19(25(28)29)6-7-20(18)26/h2-7,12,26H,8-11,13-15H2,1H3,(H,22,27). The SMILES string of the molecule is Cc1ccccc1CN1CC[NH+](CC(=O)NCc2cc([N+](=O)[O-])ccc2[O-])CC1. The number of benzene rings is 2. The molecule has 2 N–H and O–H groups in total. The summed E-state index contributed by atoms with van der Waals surface area (Å²) in [5, 5.41) is 25.4. The lowest BCUT2D eigenvalue weighted by molar-refractivity contribution is -0.896. The number of hydrogen-bond donors (Lipinski definition) is 2.